The van der Waals surface area contributed by atoms with E-state index in [1.165, 1.54) is 4.90 Å². The number of carbonyl (C=O) groups excluding carboxylic acids is 3. The Morgan fingerprint density at radius 2 is 1.45 bits per heavy atom. The first kappa shape index (κ1) is 28.4. The number of nitrogens with zero attached hydrogens (tertiary/aromatic N) is 1. The van der Waals surface area contributed by atoms with E-state index in [2.05, 4.69) is 10.6 Å². The standard InChI is InChI=1S/C31H37N3O4/c1-6-34(27(24-18-11-8-12-19-24)28(35)32-25-20-14-13-15-22(25)2)29(36)26(21-23-16-9-7-10-17-23)33-30(37)38-31(3,4)5/h7-20,26-27H,6,21H2,1-5H3,(H,32,35)(H,33,37). The summed E-state index contributed by atoms with van der Waals surface area (Å²) in [5.41, 5.74) is 2.41. The molecule has 3 amide bonds. The smallest absolute Gasteiger partial charge is 0.408 e. The van der Waals surface area contributed by atoms with Crippen molar-refractivity contribution in [2.75, 3.05) is 11.9 Å². The lowest BCUT2D eigenvalue weighted by molar-refractivity contribution is -0.140. The lowest BCUT2D eigenvalue weighted by Crippen LogP contribution is -2.53. The summed E-state index contributed by atoms with van der Waals surface area (Å²) in [6.45, 7) is 9.28. The Bertz CT molecular complexity index is 1220. The maximum absolute atomic E-state index is 14.1. The number of likely N-dealkylation sites (N-methyl/N-ethyl adjacent to an activating group) is 1. The summed E-state index contributed by atoms with van der Waals surface area (Å²) in [4.78, 5) is 42.1. The molecule has 0 aliphatic heterocycles. The van der Waals surface area contributed by atoms with Crippen LogP contribution < -0.4 is 10.6 Å². The number of alkyl carbamates (subject to hydrolysis) is 1. The van der Waals surface area contributed by atoms with Gasteiger partial charge in [-0.25, -0.2) is 4.79 Å². The monoisotopic (exact) mass is 515 g/mol. The summed E-state index contributed by atoms with van der Waals surface area (Å²) >= 11 is 0. The highest BCUT2D eigenvalue weighted by Gasteiger charge is 2.35. The van der Waals surface area contributed by atoms with Gasteiger partial charge in [-0.3, -0.25) is 9.59 Å². The first-order valence-electron chi connectivity index (χ1n) is 12.8. The maximum atomic E-state index is 14.1. The molecule has 0 aliphatic rings. The molecular weight excluding hydrogens is 478 g/mol. The van der Waals surface area contributed by atoms with Crippen LogP contribution in [0.4, 0.5) is 10.5 Å². The van der Waals surface area contributed by atoms with Gasteiger partial charge in [-0.05, 0) is 57.4 Å². The van der Waals surface area contributed by atoms with Gasteiger partial charge in [0.15, 0.2) is 0 Å². The van der Waals surface area contributed by atoms with Crippen LogP contribution in [-0.2, 0) is 20.7 Å². The molecule has 0 spiro atoms. The Hall–Kier alpha value is -4.13. The number of amides is 3. The first-order chi connectivity index (χ1) is 18.1. The van der Waals surface area contributed by atoms with E-state index >= 15 is 0 Å². The average Bonchev–Trinajstić information content (AvgIpc) is 2.87. The number of nitrogens with one attached hydrogen (secondary N) is 2. The molecule has 7 nitrogen and oxygen atoms in total. The second-order valence-corrected chi connectivity index (χ2v) is 10.1. The highest BCUT2D eigenvalue weighted by Crippen LogP contribution is 2.25. The van der Waals surface area contributed by atoms with Crippen molar-refractivity contribution in [1.82, 2.24) is 10.2 Å². The molecule has 38 heavy (non-hydrogen) atoms. The molecule has 0 bridgehead atoms. The number of anilines is 1. The van der Waals surface area contributed by atoms with Crippen molar-refractivity contribution in [3.8, 4) is 0 Å². The van der Waals surface area contributed by atoms with Gasteiger partial charge < -0.3 is 20.3 Å². The number of aryl methyl sites for hydroxylation is 1. The normalized spacial score (nSPS) is 12.7. The van der Waals surface area contributed by atoms with Gasteiger partial charge in [0.1, 0.15) is 17.7 Å². The van der Waals surface area contributed by atoms with E-state index in [4.69, 9.17) is 4.74 Å². The number of para-hydroxylation sites is 1. The van der Waals surface area contributed by atoms with Crippen LogP contribution in [0.5, 0.6) is 0 Å². The number of hydrogen-bond acceptors (Lipinski definition) is 4. The largest absolute Gasteiger partial charge is 0.444 e. The van der Waals surface area contributed by atoms with Crippen molar-refractivity contribution >= 4 is 23.6 Å². The molecule has 2 atom stereocenters. The molecule has 0 saturated carbocycles. The highest BCUT2D eigenvalue weighted by molar-refractivity contribution is 5.99. The third-order valence-electron chi connectivity index (χ3n) is 5.97. The van der Waals surface area contributed by atoms with E-state index in [1.807, 2.05) is 98.8 Å². The quantitative estimate of drug-likeness (QED) is 0.385. The van der Waals surface area contributed by atoms with Crippen LogP contribution in [0.15, 0.2) is 84.9 Å². The number of benzene rings is 3. The molecule has 200 valence electrons. The minimum Gasteiger partial charge on any atom is -0.444 e. The maximum Gasteiger partial charge on any atom is 0.408 e. The Balaban J connectivity index is 1.97. The zero-order valence-electron chi connectivity index (χ0n) is 22.7. The molecule has 2 N–H and O–H groups in total. The second kappa shape index (κ2) is 12.9. The molecule has 2 unspecified atom stereocenters. The molecule has 3 aromatic rings. The molecule has 3 aromatic carbocycles. The average molecular weight is 516 g/mol. The fraction of sp³-hybridized carbons (Fsp3) is 0.323. The van der Waals surface area contributed by atoms with E-state index in [1.54, 1.807) is 20.8 Å². The summed E-state index contributed by atoms with van der Waals surface area (Å²) in [6, 6.07) is 24.3. The number of ether oxygens (including phenoxy) is 1. The van der Waals surface area contributed by atoms with Crippen LogP contribution in [0.3, 0.4) is 0 Å². The number of carbonyl (C=O) groups is 3. The van der Waals surface area contributed by atoms with Crippen LogP contribution in [0.25, 0.3) is 0 Å². The van der Waals surface area contributed by atoms with E-state index < -0.39 is 23.8 Å². The van der Waals surface area contributed by atoms with Gasteiger partial charge >= 0.3 is 6.09 Å². The van der Waals surface area contributed by atoms with Crippen LogP contribution in [0, 0.1) is 6.92 Å². The number of hydrogen-bond donors (Lipinski definition) is 2. The van der Waals surface area contributed by atoms with E-state index in [0.717, 1.165) is 11.1 Å². The second-order valence-electron chi connectivity index (χ2n) is 10.1. The molecule has 0 aromatic heterocycles. The van der Waals surface area contributed by atoms with E-state index in [-0.39, 0.29) is 24.8 Å². The van der Waals surface area contributed by atoms with Crippen molar-refractivity contribution in [1.29, 1.82) is 0 Å². The first-order valence-corrected chi connectivity index (χ1v) is 12.8. The third-order valence-corrected chi connectivity index (χ3v) is 5.97. The van der Waals surface area contributed by atoms with Crippen molar-refractivity contribution in [2.45, 2.75) is 58.7 Å². The van der Waals surface area contributed by atoms with Crippen molar-refractivity contribution in [2.24, 2.45) is 0 Å². The van der Waals surface area contributed by atoms with Gasteiger partial charge in [-0.15, -0.1) is 0 Å². The zero-order valence-corrected chi connectivity index (χ0v) is 22.7. The van der Waals surface area contributed by atoms with Gasteiger partial charge in [-0.1, -0.05) is 78.9 Å². The SMILES string of the molecule is CCN(C(=O)C(Cc1ccccc1)NC(=O)OC(C)(C)C)C(C(=O)Nc1ccccc1C)c1ccccc1. The molecule has 0 radical (unpaired) electrons. The van der Waals surface area contributed by atoms with Crippen LogP contribution in [0.1, 0.15) is 50.4 Å². The molecule has 7 heteroatoms. The molecule has 0 heterocycles. The van der Waals surface area contributed by atoms with Crippen molar-refractivity contribution in [3.63, 3.8) is 0 Å². The Morgan fingerprint density at radius 1 is 0.868 bits per heavy atom. The third kappa shape index (κ3) is 7.93. The molecular formula is C31H37N3O4. The van der Waals surface area contributed by atoms with Gasteiger partial charge in [0.05, 0.1) is 0 Å². The van der Waals surface area contributed by atoms with Gasteiger partial charge in [0.25, 0.3) is 5.91 Å². The predicted octanol–water partition coefficient (Wildman–Crippen LogP) is 5.66. The summed E-state index contributed by atoms with van der Waals surface area (Å²) in [6.07, 6.45) is -0.445. The van der Waals surface area contributed by atoms with Crippen LogP contribution >= 0.6 is 0 Å². The summed E-state index contributed by atoms with van der Waals surface area (Å²) < 4.78 is 5.45. The molecule has 0 saturated heterocycles. The molecule has 0 fully saturated rings. The Morgan fingerprint density at radius 3 is 2.03 bits per heavy atom. The van der Waals surface area contributed by atoms with Gasteiger partial charge in [-0.2, -0.15) is 0 Å². The lowest BCUT2D eigenvalue weighted by Gasteiger charge is -2.34. The molecule has 3 rings (SSSR count). The van der Waals surface area contributed by atoms with Crippen LogP contribution in [0.2, 0.25) is 0 Å². The molecule has 0 aliphatic carbocycles. The predicted molar refractivity (Wildman–Crippen MR) is 150 cm³/mol. The minimum atomic E-state index is -0.940. The van der Waals surface area contributed by atoms with E-state index in [0.29, 0.717) is 11.3 Å². The summed E-state index contributed by atoms with van der Waals surface area (Å²) in [7, 11) is 0. The fourth-order valence-electron chi connectivity index (χ4n) is 4.19. The van der Waals surface area contributed by atoms with E-state index in [9.17, 15) is 14.4 Å². The minimum absolute atomic E-state index is 0.246. The highest BCUT2D eigenvalue weighted by atomic mass is 16.6. The zero-order chi connectivity index (χ0) is 27.7. The van der Waals surface area contributed by atoms with Crippen molar-refractivity contribution in [3.05, 3.63) is 102 Å². The van der Waals surface area contributed by atoms with Gasteiger partial charge in [0, 0.05) is 18.7 Å². The van der Waals surface area contributed by atoms with Gasteiger partial charge in [0.2, 0.25) is 5.91 Å². The summed E-state index contributed by atoms with van der Waals surface area (Å²) in [5.74, 6) is -0.715. The van der Waals surface area contributed by atoms with Crippen LogP contribution in [-0.4, -0.2) is 41.0 Å². The topological polar surface area (TPSA) is 87.7 Å². The Labute approximate surface area is 225 Å². The number of rotatable bonds is 9. The lowest BCUT2D eigenvalue weighted by atomic mass is 10.00. The fourth-order valence-corrected chi connectivity index (χ4v) is 4.19. The Kier molecular flexibility index (Phi) is 9.66. The summed E-state index contributed by atoms with van der Waals surface area (Å²) in [5, 5.41) is 5.75. The van der Waals surface area contributed by atoms with Crippen molar-refractivity contribution < 1.29 is 19.1 Å².